The Morgan fingerprint density at radius 3 is 2.32 bits per heavy atom. The Morgan fingerprint density at radius 2 is 1.68 bits per heavy atom. The monoisotopic (exact) mass is 289 g/mol. The Kier molecular flexibility index (Phi) is 4.55. The van der Waals surface area contributed by atoms with Crippen molar-refractivity contribution < 1.29 is 0 Å². The fourth-order valence-electron chi connectivity index (χ4n) is 3.29. The van der Waals surface area contributed by atoms with Crippen molar-refractivity contribution in [2.24, 2.45) is 5.92 Å². The summed E-state index contributed by atoms with van der Waals surface area (Å²) in [7, 11) is 0. The van der Waals surface area contributed by atoms with Crippen LogP contribution in [0.25, 0.3) is 6.08 Å². The molecule has 0 saturated carbocycles. The fourth-order valence-corrected chi connectivity index (χ4v) is 3.29. The van der Waals surface area contributed by atoms with E-state index in [2.05, 4.69) is 91.2 Å². The Balaban J connectivity index is 1.81. The van der Waals surface area contributed by atoms with Crippen LogP contribution < -0.4 is 0 Å². The summed E-state index contributed by atoms with van der Waals surface area (Å²) in [5.41, 5.74) is 4.11. The van der Waals surface area contributed by atoms with E-state index in [-0.39, 0.29) is 0 Å². The predicted molar refractivity (Wildman–Crippen MR) is 94.4 cm³/mol. The topological polar surface area (TPSA) is 3.24 Å². The summed E-state index contributed by atoms with van der Waals surface area (Å²) < 4.78 is 0. The van der Waals surface area contributed by atoms with Crippen molar-refractivity contribution in [1.82, 2.24) is 4.90 Å². The van der Waals surface area contributed by atoms with E-state index in [4.69, 9.17) is 0 Å². The second-order valence-corrected chi connectivity index (χ2v) is 6.02. The summed E-state index contributed by atoms with van der Waals surface area (Å²) in [6.07, 6.45) is 4.43. The summed E-state index contributed by atoms with van der Waals surface area (Å²) in [6.45, 7) is 8.38. The first kappa shape index (κ1) is 14.8. The van der Waals surface area contributed by atoms with Crippen molar-refractivity contribution >= 4 is 6.08 Å². The fraction of sp³-hybridized carbons (Fsp3) is 0.238. The zero-order valence-corrected chi connectivity index (χ0v) is 13.2. The molecule has 0 aliphatic carbocycles. The highest BCUT2D eigenvalue weighted by atomic mass is 15.2. The molecule has 1 fully saturated rings. The third-order valence-electron chi connectivity index (χ3n) is 4.54. The number of hydrogen-bond acceptors (Lipinski definition) is 1. The number of rotatable bonds is 4. The van der Waals surface area contributed by atoms with Gasteiger partial charge in [-0.05, 0) is 23.6 Å². The Bertz CT molecular complexity index is 642. The number of nitrogens with zero attached hydrogens (tertiary/aromatic N) is 1. The van der Waals surface area contributed by atoms with E-state index in [1.165, 1.54) is 16.7 Å². The van der Waals surface area contributed by atoms with Gasteiger partial charge in [0.05, 0.1) is 0 Å². The highest BCUT2D eigenvalue weighted by Crippen LogP contribution is 2.32. The maximum Gasteiger partial charge on any atom is 0.0240 e. The second-order valence-electron chi connectivity index (χ2n) is 6.02. The van der Waals surface area contributed by atoms with Gasteiger partial charge in [0, 0.05) is 25.0 Å². The van der Waals surface area contributed by atoms with Gasteiger partial charge < -0.3 is 0 Å². The van der Waals surface area contributed by atoms with Crippen LogP contribution in [0.3, 0.4) is 0 Å². The average molecular weight is 289 g/mol. The van der Waals surface area contributed by atoms with Crippen LogP contribution in [-0.4, -0.2) is 17.5 Å². The number of likely N-dealkylation sites (tertiary alicyclic amines) is 1. The summed E-state index contributed by atoms with van der Waals surface area (Å²) in [4.78, 5) is 2.54. The molecule has 1 heteroatoms. The van der Waals surface area contributed by atoms with Crippen LogP contribution in [0, 0.1) is 5.92 Å². The zero-order valence-electron chi connectivity index (χ0n) is 13.2. The molecule has 3 rings (SSSR count). The molecule has 0 aromatic heterocycles. The average Bonchev–Trinajstić information content (AvgIpc) is 2.84. The number of hydrogen-bond donors (Lipinski definition) is 0. The van der Waals surface area contributed by atoms with Crippen molar-refractivity contribution in [3.05, 3.63) is 90.0 Å². The molecule has 1 aliphatic heterocycles. The third-order valence-corrected chi connectivity index (χ3v) is 4.54. The van der Waals surface area contributed by atoms with Crippen LogP contribution in [0.15, 0.2) is 78.9 Å². The third kappa shape index (κ3) is 3.20. The molecule has 0 amide bonds. The molecule has 0 radical (unpaired) electrons. The van der Waals surface area contributed by atoms with E-state index in [9.17, 15) is 0 Å². The molecule has 0 bridgehead atoms. The molecule has 1 heterocycles. The highest BCUT2D eigenvalue weighted by Gasteiger charge is 2.32. The maximum atomic E-state index is 4.06. The predicted octanol–water partition coefficient (Wildman–Crippen LogP) is 4.78. The van der Waals surface area contributed by atoms with E-state index in [1.807, 2.05) is 0 Å². The molecule has 1 nitrogen and oxygen atoms in total. The van der Waals surface area contributed by atoms with Gasteiger partial charge in [0.25, 0.3) is 0 Å². The van der Waals surface area contributed by atoms with E-state index < -0.39 is 0 Å². The lowest BCUT2D eigenvalue weighted by atomic mass is 9.95. The molecule has 0 unspecified atom stereocenters. The lowest BCUT2D eigenvalue weighted by Gasteiger charge is -2.22. The minimum atomic E-state index is 0.434. The van der Waals surface area contributed by atoms with Crippen LogP contribution in [0.5, 0.6) is 0 Å². The molecule has 1 aliphatic rings. The molecular weight excluding hydrogens is 266 g/mol. The molecule has 0 spiro atoms. The first-order valence-electron chi connectivity index (χ1n) is 7.94. The van der Waals surface area contributed by atoms with Gasteiger partial charge in [0.15, 0.2) is 0 Å². The molecule has 2 aromatic rings. The van der Waals surface area contributed by atoms with Crippen LogP contribution >= 0.6 is 0 Å². The van der Waals surface area contributed by atoms with Gasteiger partial charge in [-0.25, -0.2) is 0 Å². The maximum absolute atomic E-state index is 4.06. The zero-order chi connectivity index (χ0) is 15.4. The van der Waals surface area contributed by atoms with Gasteiger partial charge in [-0.15, -0.1) is 6.58 Å². The molecule has 0 N–H and O–H groups in total. The molecule has 2 aromatic carbocycles. The second kappa shape index (κ2) is 6.76. The van der Waals surface area contributed by atoms with Gasteiger partial charge in [-0.2, -0.15) is 0 Å². The van der Waals surface area contributed by atoms with Crippen molar-refractivity contribution in [2.45, 2.75) is 19.5 Å². The molecule has 2 atom stereocenters. The van der Waals surface area contributed by atoms with Crippen LogP contribution in [0.1, 0.15) is 18.1 Å². The van der Waals surface area contributed by atoms with Crippen molar-refractivity contribution in [2.75, 3.05) is 6.54 Å². The van der Waals surface area contributed by atoms with Crippen LogP contribution in [0.4, 0.5) is 0 Å². The molecular formula is C21H23N. The lowest BCUT2D eigenvalue weighted by molar-refractivity contribution is 0.246. The van der Waals surface area contributed by atoms with Gasteiger partial charge in [-0.3, -0.25) is 4.90 Å². The summed E-state index contributed by atoms with van der Waals surface area (Å²) in [5, 5.41) is 0. The van der Waals surface area contributed by atoms with Crippen molar-refractivity contribution in [3.63, 3.8) is 0 Å². The van der Waals surface area contributed by atoms with Crippen molar-refractivity contribution in [3.8, 4) is 0 Å². The van der Waals surface area contributed by atoms with Gasteiger partial charge >= 0.3 is 0 Å². The standard InChI is InChI=1S/C21H23N/c1-3-21-17(2)22(15-19-12-8-5-9-13-19)16-20(21)14-18-10-6-4-7-11-18/h3-14,17,21H,1,15-16H2,2H3/b20-14+/t17-,21-/m1/s1. The van der Waals surface area contributed by atoms with Crippen LogP contribution in [0.2, 0.25) is 0 Å². The molecule has 112 valence electrons. The SMILES string of the molecule is C=C[C@H]1/C(=C/c2ccccc2)CN(Cc2ccccc2)[C@@H]1C. The first-order chi connectivity index (χ1) is 10.8. The normalized spacial score (nSPS) is 23.8. The minimum absolute atomic E-state index is 0.434. The van der Waals surface area contributed by atoms with E-state index in [1.54, 1.807) is 0 Å². The smallest absolute Gasteiger partial charge is 0.0240 e. The molecule has 1 saturated heterocycles. The Labute approximate surface area is 133 Å². The minimum Gasteiger partial charge on any atom is -0.292 e. The summed E-state index contributed by atoms with van der Waals surface area (Å²) in [6, 6.07) is 21.8. The van der Waals surface area contributed by atoms with Crippen molar-refractivity contribution in [1.29, 1.82) is 0 Å². The largest absolute Gasteiger partial charge is 0.292 e. The van der Waals surface area contributed by atoms with Gasteiger partial charge in [0.2, 0.25) is 0 Å². The van der Waals surface area contributed by atoms with E-state index in [0.717, 1.165) is 13.1 Å². The summed E-state index contributed by atoms with van der Waals surface area (Å²) >= 11 is 0. The quantitative estimate of drug-likeness (QED) is 0.732. The summed E-state index contributed by atoms with van der Waals surface area (Å²) in [5.74, 6) is 0.434. The van der Waals surface area contributed by atoms with Crippen LogP contribution in [-0.2, 0) is 6.54 Å². The van der Waals surface area contributed by atoms with Gasteiger partial charge in [-0.1, -0.05) is 72.8 Å². The molecule has 22 heavy (non-hydrogen) atoms. The van der Waals surface area contributed by atoms with E-state index in [0.29, 0.717) is 12.0 Å². The first-order valence-corrected chi connectivity index (χ1v) is 7.94. The van der Waals surface area contributed by atoms with Gasteiger partial charge in [0.1, 0.15) is 0 Å². The lowest BCUT2D eigenvalue weighted by Crippen LogP contribution is -2.28. The van der Waals surface area contributed by atoms with E-state index >= 15 is 0 Å². The number of benzene rings is 2. The Morgan fingerprint density at radius 1 is 1.05 bits per heavy atom. The Hall–Kier alpha value is -2.12. The highest BCUT2D eigenvalue weighted by molar-refractivity contribution is 5.55.